The van der Waals surface area contributed by atoms with Crippen LogP contribution in [0.2, 0.25) is 5.02 Å². The van der Waals surface area contributed by atoms with Gasteiger partial charge in [-0.25, -0.2) is 0 Å². The largest absolute Gasteiger partial charge is 0.348 e. The highest BCUT2D eigenvalue weighted by atomic mass is 35.5. The number of halogens is 1. The summed E-state index contributed by atoms with van der Waals surface area (Å²) in [6.45, 7) is 6.47. The molecule has 150 valence electrons. The summed E-state index contributed by atoms with van der Waals surface area (Å²) in [5, 5.41) is 6.21. The van der Waals surface area contributed by atoms with E-state index in [1.165, 1.54) is 5.56 Å². The standard InChI is InChI=1S/C22H28ClN3O2/c1-15(2)17-9-11-18(12-10-17)16(3)24-21(27)13-26(4)14-22(28)25-20-8-6-5-7-19(20)23/h5-12,15-16H,13-14H2,1-4H3,(H,24,27)(H,25,28). The number of hydrogen-bond acceptors (Lipinski definition) is 3. The van der Waals surface area contributed by atoms with Gasteiger partial charge in [0, 0.05) is 0 Å². The van der Waals surface area contributed by atoms with Crippen molar-refractivity contribution in [3.8, 4) is 0 Å². The fourth-order valence-electron chi connectivity index (χ4n) is 2.84. The average Bonchev–Trinajstić information content (AvgIpc) is 2.63. The maximum Gasteiger partial charge on any atom is 0.238 e. The van der Waals surface area contributed by atoms with Crippen LogP contribution in [-0.2, 0) is 9.59 Å². The number of carbonyl (C=O) groups is 2. The van der Waals surface area contributed by atoms with Gasteiger partial charge in [0.15, 0.2) is 0 Å². The lowest BCUT2D eigenvalue weighted by molar-refractivity contribution is -0.123. The highest BCUT2D eigenvalue weighted by Crippen LogP contribution is 2.20. The average molecular weight is 402 g/mol. The predicted molar refractivity (Wildman–Crippen MR) is 115 cm³/mol. The van der Waals surface area contributed by atoms with Crippen molar-refractivity contribution in [1.29, 1.82) is 0 Å². The van der Waals surface area contributed by atoms with Crippen LogP contribution >= 0.6 is 11.6 Å². The minimum atomic E-state index is -0.222. The third kappa shape index (κ3) is 6.66. The molecule has 2 N–H and O–H groups in total. The van der Waals surface area contributed by atoms with E-state index in [9.17, 15) is 9.59 Å². The zero-order chi connectivity index (χ0) is 20.7. The molecule has 0 saturated heterocycles. The number of rotatable bonds is 8. The van der Waals surface area contributed by atoms with Gasteiger partial charge < -0.3 is 10.6 Å². The number of likely N-dealkylation sites (N-methyl/N-ethyl adjacent to an activating group) is 1. The molecule has 5 nitrogen and oxygen atoms in total. The highest BCUT2D eigenvalue weighted by Gasteiger charge is 2.14. The molecule has 0 heterocycles. The fraction of sp³-hybridized carbons (Fsp3) is 0.364. The molecule has 0 radical (unpaired) electrons. The molecule has 0 aliphatic carbocycles. The van der Waals surface area contributed by atoms with Crippen LogP contribution in [0.4, 0.5) is 5.69 Å². The topological polar surface area (TPSA) is 61.4 Å². The second-order valence-electron chi connectivity index (χ2n) is 7.31. The summed E-state index contributed by atoms with van der Waals surface area (Å²) in [6, 6.07) is 15.2. The molecular formula is C22H28ClN3O2. The zero-order valence-corrected chi connectivity index (χ0v) is 17.6. The van der Waals surface area contributed by atoms with Crippen LogP contribution in [0.15, 0.2) is 48.5 Å². The number of anilines is 1. The van der Waals surface area contributed by atoms with Crippen molar-refractivity contribution in [1.82, 2.24) is 10.2 Å². The SMILES string of the molecule is CC(C)c1ccc(C(C)NC(=O)CN(C)CC(=O)Nc2ccccc2Cl)cc1. The van der Waals surface area contributed by atoms with Gasteiger partial charge in [-0.15, -0.1) is 0 Å². The molecule has 6 heteroatoms. The fourth-order valence-corrected chi connectivity index (χ4v) is 3.02. The zero-order valence-electron chi connectivity index (χ0n) is 16.8. The number of para-hydroxylation sites is 1. The lowest BCUT2D eigenvalue weighted by atomic mass is 9.99. The van der Waals surface area contributed by atoms with Gasteiger partial charge in [-0.2, -0.15) is 0 Å². The second kappa shape index (κ2) is 10.2. The first-order valence-corrected chi connectivity index (χ1v) is 9.76. The number of amides is 2. The number of carbonyl (C=O) groups excluding carboxylic acids is 2. The van der Waals surface area contributed by atoms with E-state index in [1.807, 2.05) is 19.1 Å². The van der Waals surface area contributed by atoms with Crippen LogP contribution in [0.1, 0.15) is 43.9 Å². The third-order valence-electron chi connectivity index (χ3n) is 4.46. The summed E-state index contributed by atoms with van der Waals surface area (Å²) < 4.78 is 0. The number of nitrogens with zero attached hydrogens (tertiary/aromatic N) is 1. The number of benzene rings is 2. The maximum atomic E-state index is 12.3. The predicted octanol–water partition coefficient (Wildman–Crippen LogP) is 4.21. The van der Waals surface area contributed by atoms with E-state index in [0.717, 1.165) is 5.56 Å². The molecule has 0 bridgehead atoms. The molecule has 2 rings (SSSR count). The van der Waals surface area contributed by atoms with Crippen LogP contribution in [0.3, 0.4) is 0 Å². The van der Waals surface area contributed by atoms with E-state index in [2.05, 4.69) is 36.6 Å². The Balaban J connectivity index is 1.81. The van der Waals surface area contributed by atoms with Gasteiger partial charge in [-0.05, 0) is 43.1 Å². The monoisotopic (exact) mass is 401 g/mol. The molecule has 0 saturated carbocycles. The summed E-state index contributed by atoms with van der Waals surface area (Å²) in [7, 11) is 1.73. The molecule has 0 spiro atoms. The Bertz CT molecular complexity index is 806. The summed E-state index contributed by atoms with van der Waals surface area (Å²) in [5.74, 6) is 0.124. The Hall–Kier alpha value is -2.37. The summed E-state index contributed by atoms with van der Waals surface area (Å²) in [5.41, 5.74) is 2.88. The lowest BCUT2D eigenvalue weighted by Crippen LogP contribution is -2.39. The van der Waals surface area contributed by atoms with Crippen LogP contribution in [0.25, 0.3) is 0 Å². The van der Waals surface area contributed by atoms with Crippen molar-refractivity contribution in [2.24, 2.45) is 0 Å². The van der Waals surface area contributed by atoms with Gasteiger partial charge in [-0.3, -0.25) is 14.5 Å². The van der Waals surface area contributed by atoms with Gasteiger partial charge in [0.25, 0.3) is 0 Å². The second-order valence-corrected chi connectivity index (χ2v) is 7.72. The Morgan fingerprint density at radius 1 is 0.929 bits per heavy atom. The van der Waals surface area contributed by atoms with Crippen molar-refractivity contribution in [2.45, 2.75) is 32.7 Å². The van der Waals surface area contributed by atoms with Crippen LogP contribution in [0.5, 0.6) is 0 Å². The van der Waals surface area contributed by atoms with Crippen molar-refractivity contribution in [2.75, 3.05) is 25.5 Å². The lowest BCUT2D eigenvalue weighted by Gasteiger charge is -2.19. The number of hydrogen-bond donors (Lipinski definition) is 2. The Kier molecular flexibility index (Phi) is 8.03. The summed E-state index contributed by atoms with van der Waals surface area (Å²) >= 11 is 6.04. The van der Waals surface area contributed by atoms with Gasteiger partial charge >= 0.3 is 0 Å². The first-order chi connectivity index (χ1) is 13.3. The van der Waals surface area contributed by atoms with Crippen LogP contribution in [-0.4, -0.2) is 36.9 Å². The number of nitrogens with one attached hydrogen (secondary N) is 2. The van der Waals surface area contributed by atoms with E-state index >= 15 is 0 Å². The van der Waals surface area contributed by atoms with E-state index in [0.29, 0.717) is 16.6 Å². The molecule has 2 amide bonds. The molecular weight excluding hydrogens is 374 g/mol. The molecule has 28 heavy (non-hydrogen) atoms. The molecule has 0 aliphatic rings. The van der Waals surface area contributed by atoms with Gasteiger partial charge in [0.1, 0.15) is 0 Å². The Labute approximate surface area is 172 Å². The summed E-state index contributed by atoms with van der Waals surface area (Å²) in [6.07, 6.45) is 0. The van der Waals surface area contributed by atoms with E-state index in [4.69, 9.17) is 11.6 Å². The molecule has 2 aromatic carbocycles. The molecule has 1 unspecified atom stereocenters. The minimum absolute atomic E-state index is 0.0934. The Morgan fingerprint density at radius 2 is 1.50 bits per heavy atom. The first kappa shape index (κ1) is 21.9. The highest BCUT2D eigenvalue weighted by molar-refractivity contribution is 6.33. The molecule has 1 atom stereocenters. The van der Waals surface area contributed by atoms with Gasteiger partial charge in [0.2, 0.25) is 11.8 Å². The molecule has 2 aromatic rings. The minimum Gasteiger partial charge on any atom is -0.348 e. The molecule has 0 fully saturated rings. The molecule has 0 aromatic heterocycles. The van der Waals surface area contributed by atoms with Crippen molar-refractivity contribution >= 4 is 29.1 Å². The van der Waals surface area contributed by atoms with E-state index in [-0.39, 0.29) is 30.9 Å². The maximum absolute atomic E-state index is 12.3. The third-order valence-corrected chi connectivity index (χ3v) is 4.79. The Morgan fingerprint density at radius 3 is 2.11 bits per heavy atom. The van der Waals surface area contributed by atoms with Crippen molar-refractivity contribution in [3.05, 3.63) is 64.7 Å². The smallest absolute Gasteiger partial charge is 0.238 e. The van der Waals surface area contributed by atoms with E-state index in [1.54, 1.807) is 36.2 Å². The first-order valence-electron chi connectivity index (χ1n) is 9.38. The quantitative estimate of drug-likeness (QED) is 0.696. The van der Waals surface area contributed by atoms with Gasteiger partial charge in [-0.1, -0.05) is 61.8 Å². The van der Waals surface area contributed by atoms with Gasteiger partial charge in [0.05, 0.1) is 29.8 Å². The van der Waals surface area contributed by atoms with Crippen LogP contribution in [0, 0.1) is 0 Å². The normalized spacial score (nSPS) is 12.1. The van der Waals surface area contributed by atoms with E-state index < -0.39 is 0 Å². The van der Waals surface area contributed by atoms with Crippen molar-refractivity contribution < 1.29 is 9.59 Å². The van der Waals surface area contributed by atoms with Crippen molar-refractivity contribution in [3.63, 3.8) is 0 Å². The molecule has 0 aliphatic heterocycles. The van der Waals surface area contributed by atoms with Crippen LogP contribution < -0.4 is 10.6 Å². The summed E-state index contributed by atoms with van der Waals surface area (Å²) in [4.78, 5) is 26.1.